The Morgan fingerprint density at radius 1 is 1.46 bits per heavy atom. The predicted octanol–water partition coefficient (Wildman–Crippen LogP) is 1.80. The second kappa shape index (κ2) is 5.25. The summed E-state index contributed by atoms with van der Waals surface area (Å²) in [5, 5.41) is 11.3. The Hall–Kier alpha value is -0.540. The standard InChI is InChI=1S/C10H21NO2/c1-6-8-9(3)13-11(12)10(4,5)7-2/h11H,3,6-8H2,1-2,4-5H3. The number of quaternary nitrogens is 1. The summed E-state index contributed by atoms with van der Waals surface area (Å²) in [6, 6.07) is 0. The summed E-state index contributed by atoms with van der Waals surface area (Å²) >= 11 is 0. The van der Waals surface area contributed by atoms with Crippen LogP contribution in [0.1, 0.15) is 47.0 Å². The summed E-state index contributed by atoms with van der Waals surface area (Å²) in [5.74, 6) is 0.578. The van der Waals surface area contributed by atoms with Gasteiger partial charge < -0.3 is 10.0 Å². The Bertz CT molecular complexity index is 166. The Morgan fingerprint density at radius 3 is 2.38 bits per heavy atom. The third kappa shape index (κ3) is 4.29. The molecule has 0 aliphatic rings. The fourth-order valence-electron chi connectivity index (χ4n) is 0.743. The first-order valence-corrected chi connectivity index (χ1v) is 4.84. The molecule has 0 saturated carbocycles. The lowest BCUT2D eigenvalue weighted by molar-refractivity contribution is -1.08. The maximum atomic E-state index is 11.5. The molecule has 78 valence electrons. The highest BCUT2D eigenvalue weighted by molar-refractivity contribution is 4.79. The molecule has 0 aliphatic carbocycles. The minimum atomic E-state index is -0.392. The molecule has 0 fully saturated rings. The second-order valence-electron chi connectivity index (χ2n) is 3.92. The lowest BCUT2D eigenvalue weighted by Gasteiger charge is -2.34. The minimum Gasteiger partial charge on any atom is -0.590 e. The molecule has 0 amide bonds. The Kier molecular flexibility index (Phi) is 5.03. The molecule has 3 heteroatoms. The van der Waals surface area contributed by atoms with Crippen LogP contribution in [0.5, 0.6) is 0 Å². The second-order valence-corrected chi connectivity index (χ2v) is 3.92. The molecule has 0 rings (SSSR count). The van der Waals surface area contributed by atoms with Crippen LogP contribution in [0.2, 0.25) is 0 Å². The summed E-state index contributed by atoms with van der Waals surface area (Å²) in [6.45, 7) is 11.5. The van der Waals surface area contributed by atoms with E-state index >= 15 is 0 Å². The van der Waals surface area contributed by atoms with E-state index in [9.17, 15) is 5.21 Å². The molecule has 1 atom stereocenters. The Labute approximate surface area is 80.9 Å². The number of hydrogen-bond acceptors (Lipinski definition) is 2. The van der Waals surface area contributed by atoms with Crippen LogP contribution in [0.15, 0.2) is 12.3 Å². The summed E-state index contributed by atoms with van der Waals surface area (Å²) in [7, 11) is 0. The molecule has 13 heavy (non-hydrogen) atoms. The summed E-state index contributed by atoms with van der Waals surface area (Å²) in [5.41, 5.74) is -0.392. The highest BCUT2D eigenvalue weighted by Gasteiger charge is 2.25. The third-order valence-corrected chi connectivity index (χ3v) is 2.20. The minimum absolute atomic E-state index is 0.173. The van der Waals surface area contributed by atoms with Gasteiger partial charge in [0.2, 0.25) is 0 Å². The van der Waals surface area contributed by atoms with Gasteiger partial charge >= 0.3 is 0 Å². The van der Waals surface area contributed by atoms with Gasteiger partial charge in [0.1, 0.15) is 5.54 Å². The van der Waals surface area contributed by atoms with Crippen LogP contribution in [-0.4, -0.2) is 5.54 Å². The molecular weight excluding hydrogens is 166 g/mol. The van der Waals surface area contributed by atoms with Crippen LogP contribution >= 0.6 is 0 Å². The van der Waals surface area contributed by atoms with Crippen molar-refractivity contribution in [3.05, 3.63) is 17.5 Å². The molecule has 0 radical (unpaired) electrons. The van der Waals surface area contributed by atoms with Crippen LogP contribution in [0.3, 0.4) is 0 Å². The highest BCUT2D eigenvalue weighted by atomic mass is 16.9. The van der Waals surface area contributed by atoms with Crippen molar-refractivity contribution in [2.24, 2.45) is 0 Å². The fraction of sp³-hybridized carbons (Fsp3) is 0.800. The van der Waals surface area contributed by atoms with E-state index in [-0.39, 0.29) is 5.23 Å². The molecule has 0 aromatic carbocycles. The number of hydroxylamine groups is 2. The van der Waals surface area contributed by atoms with Gasteiger partial charge in [-0.3, -0.25) is 0 Å². The predicted molar refractivity (Wildman–Crippen MR) is 53.8 cm³/mol. The van der Waals surface area contributed by atoms with Gasteiger partial charge in [-0.25, -0.2) is 0 Å². The van der Waals surface area contributed by atoms with E-state index in [1.807, 2.05) is 27.7 Å². The van der Waals surface area contributed by atoms with Crippen molar-refractivity contribution in [2.75, 3.05) is 0 Å². The van der Waals surface area contributed by atoms with Crippen molar-refractivity contribution < 1.29 is 10.1 Å². The van der Waals surface area contributed by atoms with Gasteiger partial charge in [0.15, 0.2) is 5.76 Å². The first-order chi connectivity index (χ1) is 5.94. The first kappa shape index (κ1) is 12.5. The van der Waals surface area contributed by atoms with E-state index in [2.05, 4.69) is 6.58 Å². The van der Waals surface area contributed by atoms with Gasteiger partial charge in [-0.05, 0) is 20.3 Å². The number of allylic oxidation sites excluding steroid dienone is 1. The monoisotopic (exact) mass is 187 g/mol. The van der Waals surface area contributed by atoms with Crippen LogP contribution in [0.4, 0.5) is 0 Å². The van der Waals surface area contributed by atoms with Gasteiger partial charge in [-0.2, -0.15) is 5.23 Å². The maximum absolute atomic E-state index is 11.5. The molecule has 1 N–H and O–H groups in total. The molecule has 0 bridgehead atoms. The topological polar surface area (TPSA) is 36.7 Å². The van der Waals surface area contributed by atoms with Gasteiger partial charge in [0.25, 0.3) is 0 Å². The molecule has 0 saturated heterocycles. The SMILES string of the molecule is C=C(CCC)O[NH+]([O-])C(C)(C)CC. The summed E-state index contributed by atoms with van der Waals surface area (Å²) < 4.78 is 0. The van der Waals surface area contributed by atoms with Gasteiger partial charge in [-0.15, -0.1) is 0 Å². The molecule has 3 nitrogen and oxygen atoms in total. The number of nitrogens with one attached hydrogen (secondary N) is 1. The van der Waals surface area contributed by atoms with Gasteiger partial charge in [-0.1, -0.05) is 20.4 Å². The first-order valence-electron chi connectivity index (χ1n) is 4.84. The molecular formula is C10H21NO2. The fourth-order valence-corrected chi connectivity index (χ4v) is 0.743. The largest absolute Gasteiger partial charge is 0.590 e. The summed E-state index contributed by atoms with van der Waals surface area (Å²) in [6.07, 6.45) is 2.50. The van der Waals surface area contributed by atoms with Crippen LogP contribution in [-0.2, 0) is 4.84 Å². The Balaban J connectivity index is 3.99. The van der Waals surface area contributed by atoms with Crippen molar-refractivity contribution in [1.29, 1.82) is 0 Å². The number of hydrogen-bond donors (Lipinski definition) is 1. The lowest BCUT2D eigenvalue weighted by Crippen LogP contribution is -3.14. The van der Waals surface area contributed by atoms with Crippen molar-refractivity contribution in [3.63, 3.8) is 0 Å². The molecule has 0 aromatic rings. The van der Waals surface area contributed by atoms with Crippen molar-refractivity contribution in [1.82, 2.24) is 0 Å². The van der Waals surface area contributed by atoms with Crippen LogP contribution in [0, 0.1) is 5.21 Å². The molecule has 0 aliphatic heterocycles. The van der Waals surface area contributed by atoms with E-state index < -0.39 is 5.54 Å². The zero-order chi connectivity index (χ0) is 10.5. The van der Waals surface area contributed by atoms with E-state index in [1.54, 1.807) is 0 Å². The van der Waals surface area contributed by atoms with Crippen molar-refractivity contribution in [3.8, 4) is 0 Å². The normalized spacial score (nSPS) is 13.9. The molecule has 0 spiro atoms. The zero-order valence-corrected chi connectivity index (χ0v) is 9.14. The van der Waals surface area contributed by atoms with E-state index in [0.29, 0.717) is 5.76 Å². The molecule has 0 aromatic heterocycles. The molecule has 1 unspecified atom stereocenters. The maximum Gasteiger partial charge on any atom is 0.160 e. The van der Waals surface area contributed by atoms with Gasteiger partial charge in [0.05, 0.1) is 0 Å². The quantitative estimate of drug-likeness (QED) is 0.508. The highest BCUT2D eigenvalue weighted by Crippen LogP contribution is 2.05. The van der Waals surface area contributed by atoms with Crippen molar-refractivity contribution >= 4 is 0 Å². The average Bonchev–Trinajstić information content (AvgIpc) is 2.04. The van der Waals surface area contributed by atoms with E-state index in [1.165, 1.54) is 0 Å². The number of rotatable bonds is 6. The summed E-state index contributed by atoms with van der Waals surface area (Å²) in [4.78, 5) is 5.11. The van der Waals surface area contributed by atoms with Crippen molar-refractivity contribution in [2.45, 2.75) is 52.5 Å². The Morgan fingerprint density at radius 2 is 2.00 bits per heavy atom. The average molecular weight is 187 g/mol. The van der Waals surface area contributed by atoms with Crippen LogP contribution < -0.4 is 5.23 Å². The third-order valence-electron chi connectivity index (χ3n) is 2.20. The van der Waals surface area contributed by atoms with E-state index in [0.717, 1.165) is 19.3 Å². The lowest BCUT2D eigenvalue weighted by atomic mass is 10.0. The van der Waals surface area contributed by atoms with Gasteiger partial charge in [0, 0.05) is 12.8 Å². The van der Waals surface area contributed by atoms with Crippen LogP contribution in [0.25, 0.3) is 0 Å². The smallest absolute Gasteiger partial charge is 0.160 e. The molecule has 0 heterocycles. The zero-order valence-electron chi connectivity index (χ0n) is 9.14. The van der Waals surface area contributed by atoms with E-state index in [4.69, 9.17) is 4.84 Å².